The number of hydrogen-bond donors (Lipinski definition) is 1. The van der Waals surface area contributed by atoms with Crippen LogP contribution < -0.4 is 10.1 Å². The molecule has 0 bridgehead atoms. The molecule has 24 heavy (non-hydrogen) atoms. The molecule has 0 aromatic heterocycles. The Labute approximate surface area is 142 Å². The number of nitrogens with one attached hydrogen (secondary N) is 1. The summed E-state index contributed by atoms with van der Waals surface area (Å²) in [5.41, 5.74) is 0.281. The summed E-state index contributed by atoms with van der Waals surface area (Å²) >= 11 is 5.76. The Balaban J connectivity index is 2.12. The van der Waals surface area contributed by atoms with Crippen molar-refractivity contribution in [2.24, 2.45) is 0 Å². The maximum absolute atomic E-state index is 12.1. The first-order chi connectivity index (χ1) is 11.4. The summed E-state index contributed by atoms with van der Waals surface area (Å²) in [6, 6.07) is 10.2. The zero-order valence-electron chi connectivity index (χ0n) is 12.6. The third-order valence-electron chi connectivity index (χ3n) is 3.10. The van der Waals surface area contributed by atoms with Gasteiger partial charge in [-0.15, -0.1) is 0 Å². The zero-order valence-corrected chi connectivity index (χ0v) is 13.3. The Hall–Kier alpha value is -2.93. The lowest BCUT2D eigenvalue weighted by atomic mass is 10.2. The molecule has 0 spiro atoms. The molecule has 0 heterocycles. The van der Waals surface area contributed by atoms with Crippen LogP contribution in [0.3, 0.4) is 0 Å². The number of carbonyl (C=O) groups excluding carboxylic acids is 2. The number of carbonyl (C=O) groups is 2. The van der Waals surface area contributed by atoms with E-state index >= 15 is 0 Å². The number of nitro groups is 1. The van der Waals surface area contributed by atoms with E-state index in [0.717, 1.165) is 6.07 Å². The van der Waals surface area contributed by atoms with Gasteiger partial charge in [-0.1, -0.05) is 11.6 Å². The van der Waals surface area contributed by atoms with E-state index in [1.54, 1.807) is 24.3 Å². The fourth-order valence-corrected chi connectivity index (χ4v) is 2.00. The first-order valence-corrected chi connectivity index (χ1v) is 7.25. The molecule has 1 atom stereocenters. The first kappa shape index (κ1) is 17.4. The minimum atomic E-state index is -0.985. The van der Waals surface area contributed by atoms with Gasteiger partial charge in [0.15, 0.2) is 11.9 Å². The summed E-state index contributed by atoms with van der Waals surface area (Å²) in [5, 5.41) is 14.2. The molecule has 124 valence electrons. The topological polar surface area (TPSA) is 98.5 Å². The third-order valence-corrected chi connectivity index (χ3v) is 3.35. The summed E-state index contributed by atoms with van der Waals surface area (Å²) in [6.45, 7) is 1.46. The number of benzene rings is 2. The molecule has 0 saturated heterocycles. The molecule has 0 aliphatic carbocycles. The second-order valence-corrected chi connectivity index (χ2v) is 5.29. The minimum absolute atomic E-state index is 0.0932. The molecule has 1 N–H and O–H groups in total. The van der Waals surface area contributed by atoms with Crippen LogP contribution in [-0.4, -0.2) is 23.2 Å². The summed E-state index contributed by atoms with van der Waals surface area (Å²) in [5.74, 6) is -0.574. The molecule has 1 amide bonds. The molecule has 0 unspecified atom stereocenters. The highest BCUT2D eigenvalue weighted by molar-refractivity contribution is 6.30. The van der Waals surface area contributed by atoms with Crippen molar-refractivity contribution in [2.75, 3.05) is 5.32 Å². The Bertz CT molecular complexity index is 777. The van der Waals surface area contributed by atoms with Gasteiger partial charge >= 0.3 is 5.69 Å². The second-order valence-electron chi connectivity index (χ2n) is 4.86. The minimum Gasteiger partial charge on any atom is -0.474 e. The SMILES string of the molecule is C[C@H](Oc1ccc(C=O)cc1[N+](=O)[O-])C(=O)Nc1ccc(Cl)cc1. The van der Waals surface area contributed by atoms with Gasteiger partial charge in [0.25, 0.3) is 5.91 Å². The standard InChI is InChI=1S/C16H13ClN2O5/c1-10(16(21)18-13-5-3-12(17)4-6-13)24-15-7-2-11(9-20)8-14(15)19(22)23/h2-10H,1H3,(H,18,21)/t10-/m0/s1. The highest BCUT2D eigenvalue weighted by atomic mass is 35.5. The maximum Gasteiger partial charge on any atom is 0.311 e. The molecule has 0 fully saturated rings. The summed E-state index contributed by atoms with van der Waals surface area (Å²) in [4.78, 5) is 33.2. The van der Waals surface area contributed by atoms with Crippen LogP contribution in [0.15, 0.2) is 42.5 Å². The molecule has 2 aromatic carbocycles. The lowest BCUT2D eigenvalue weighted by Gasteiger charge is -2.15. The maximum atomic E-state index is 12.1. The van der Waals surface area contributed by atoms with Crippen LogP contribution in [0.4, 0.5) is 11.4 Å². The largest absolute Gasteiger partial charge is 0.474 e. The van der Waals surface area contributed by atoms with E-state index < -0.39 is 16.9 Å². The van der Waals surface area contributed by atoms with Gasteiger partial charge in [-0.2, -0.15) is 0 Å². The number of hydrogen-bond acceptors (Lipinski definition) is 5. The van der Waals surface area contributed by atoms with E-state index in [-0.39, 0.29) is 17.0 Å². The van der Waals surface area contributed by atoms with Crippen LogP contribution in [0.25, 0.3) is 0 Å². The Morgan fingerprint density at radius 3 is 2.54 bits per heavy atom. The number of rotatable bonds is 6. The van der Waals surface area contributed by atoms with Crippen molar-refractivity contribution < 1.29 is 19.2 Å². The first-order valence-electron chi connectivity index (χ1n) is 6.87. The Kier molecular flexibility index (Phi) is 5.49. The fourth-order valence-electron chi connectivity index (χ4n) is 1.87. The van der Waals surface area contributed by atoms with E-state index in [9.17, 15) is 19.7 Å². The quantitative estimate of drug-likeness (QED) is 0.489. The number of halogens is 1. The van der Waals surface area contributed by atoms with Gasteiger partial charge in [-0.05, 0) is 43.3 Å². The molecule has 0 aliphatic heterocycles. The van der Waals surface area contributed by atoms with Crippen molar-refractivity contribution in [3.63, 3.8) is 0 Å². The Morgan fingerprint density at radius 1 is 1.29 bits per heavy atom. The summed E-state index contributed by atoms with van der Waals surface area (Å²) in [6.07, 6.45) is -0.491. The van der Waals surface area contributed by atoms with Crippen molar-refractivity contribution in [1.82, 2.24) is 0 Å². The molecule has 0 radical (unpaired) electrons. The molecule has 2 rings (SSSR count). The van der Waals surface area contributed by atoms with Crippen molar-refractivity contribution in [1.29, 1.82) is 0 Å². The molecule has 8 heteroatoms. The molecule has 0 aliphatic rings. The highest BCUT2D eigenvalue weighted by Crippen LogP contribution is 2.28. The predicted octanol–water partition coefficient (Wildman–Crippen LogP) is 3.47. The van der Waals surface area contributed by atoms with Crippen LogP contribution in [0, 0.1) is 10.1 Å². The predicted molar refractivity (Wildman–Crippen MR) is 88.7 cm³/mol. The van der Waals surface area contributed by atoms with E-state index in [1.807, 2.05) is 0 Å². The molecule has 7 nitrogen and oxygen atoms in total. The molecular formula is C16H13ClN2O5. The number of ether oxygens (including phenoxy) is 1. The molecular weight excluding hydrogens is 336 g/mol. The van der Waals surface area contributed by atoms with E-state index in [1.165, 1.54) is 19.1 Å². The Morgan fingerprint density at radius 2 is 1.96 bits per heavy atom. The highest BCUT2D eigenvalue weighted by Gasteiger charge is 2.21. The van der Waals surface area contributed by atoms with Crippen molar-refractivity contribution in [3.8, 4) is 5.75 Å². The fraction of sp³-hybridized carbons (Fsp3) is 0.125. The van der Waals surface area contributed by atoms with E-state index in [2.05, 4.69) is 5.32 Å². The monoisotopic (exact) mass is 348 g/mol. The normalized spacial score (nSPS) is 11.4. The number of nitrogens with zero attached hydrogens (tertiary/aromatic N) is 1. The van der Waals surface area contributed by atoms with Gasteiger partial charge in [0.1, 0.15) is 6.29 Å². The van der Waals surface area contributed by atoms with Crippen LogP contribution in [0.1, 0.15) is 17.3 Å². The number of anilines is 1. The zero-order chi connectivity index (χ0) is 17.7. The van der Waals surface area contributed by atoms with Crippen LogP contribution in [0.5, 0.6) is 5.75 Å². The second kappa shape index (κ2) is 7.56. The number of nitro benzene ring substituents is 1. The third kappa shape index (κ3) is 4.30. The van der Waals surface area contributed by atoms with Crippen LogP contribution in [0.2, 0.25) is 5.02 Å². The molecule has 2 aromatic rings. The average molecular weight is 349 g/mol. The van der Waals surface area contributed by atoms with Crippen molar-refractivity contribution in [2.45, 2.75) is 13.0 Å². The van der Waals surface area contributed by atoms with Gasteiger partial charge in [0.05, 0.1) is 4.92 Å². The van der Waals surface area contributed by atoms with Crippen molar-refractivity contribution in [3.05, 3.63) is 63.2 Å². The van der Waals surface area contributed by atoms with Crippen molar-refractivity contribution >= 4 is 35.2 Å². The van der Waals surface area contributed by atoms with Crippen LogP contribution >= 0.6 is 11.6 Å². The number of aldehydes is 1. The molecule has 0 saturated carbocycles. The number of amides is 1. The smallest absolute Gasteiger partial charge is 0.311 e. The summed E-state index contributed by atoms with van der Waals surface area (Å²) in [7, 11) is 0. The lowest BCUT2D eigenvalue weighted by molar-refractivity contribution is -0.386. The van der Waals surface area contributed by atoms with Gasteiger partial charge in [0, 0.05) is 22.3 Å². The average Bonchev–Trinajstić information content (AvgIpc) is 2.57. The summed E-state index contributed by atoms with van der Waals surface area (Å²) < 4.78 is 5.37. The van der Waals surface area contributed by atoms with Gasteiger partial charge in [0.2, 0.25) is 0 Å². The van der Waals surface area contributed by atoms with Gasteiger partial charge < -0.3 is 10.1 Å². The van der Waals surface area contributed by atoms with Crippen LogP contribution in [-0.2, 0) is 4.79 Å². The van der Waals surface area contributed by atoms with E-state index in [0.29, 0.717) is 17.0 Å². The van der Waals surface area contributed by atoms with Gasteiger partial charge in [-0.25, -0.2) is 0 Å². The van der Waals surface area contributed by atoms with E-state index in [4.69, 9.17) is 16.3 Å². The lowest BCUT2D eigenvalue weighted by Crippen LogP contribution is -2.30. The van der Waals surface area contributed by atoms with Gasteiger partial charge in [-0.3, -0.25) is 19.7 Å².